The van der Waals surface area contributed by atoms with E-state index in [1.165, 1.54) is 39.8 Å². The molecule has 0 saturated heterocycles. The van der Waals surface area contributed by atoms with Gasteiger partial charge in [-0.05, 0) is 5.39 Å². The van der Waals surface area contributed by atoms with Gasteiger partial charge in [0.25, 0.3) is 0 Å². The molecule has 4 heterocycles. The fraction of sp³-hybridized carbons (Fsp3) is 0. The van der Waals surface area contributed by atoms with Gasteiger partial charge in [-0.25, -0.2) is 0 Å². The number of fused-ring (bicyclic) bond motifs is 8. The zero-order valence-electron chi connectivity index (χ0n) is 21.2. The van der Waals surface area contributed by atoms with E-state index in [9.17, 15) is 0 Å². The van der Waals surface area contributed by atoms with Crippen molar-refractivity contribution in [3.05, 3.63) is 139 Å². The van der Waals surface area contributed by atoms with Gasteiger partial charge in [-0.3, -0.25) is 0 Å². The second-order valence-electron chi connectivity index (χ2n) is 10.1. The average molecular weight is 626 g/mol. The number of aromatic nitrogens is 3. The van der Waals surface area contributed by atoms with Crippen molar-refractivity contribution in [2.45, 2.75) is 0 Å². The molecule has 0 bridgehead atoms. The Hall–Kier alpha value is -4.69. The van der Waals surface area contributed by atoms with Crippen LogP contribution in [0.5, 0.6) is 0 Å². The van der Waals surface area contributed by atoms with Gasteiger partial charge in [0.05, 0.1) is 0 Å². The van der Waals surface area contributed by atoms with E-state index in [1.807, 2.05) is 0 Å². The van der Waals surface area contributed by atoms with E-state index < -0.39 is 0 Å². The van der Waals surface area contributed by atoms with Crippen LogP contribution in [0.4, 0.5) is 0 Å². The van der Waals surface area contributed by atoms with Gasteiger partial charge >= 0.3 is 205 Å². The maximum atomic E-state index is 4.88. The van der Waals surface area contributed by atoms with Crippen LogP contribution < -0.4 is 42.8 Å². The van der Waals surface area contributed by atoms with Crippen molar-refractivity contribution in [3.63, 3.8) is 0 Å². The Morgan fingerprint density at radius 3 is 2.25 bits per heavy atom. The zero-order valence-corrected chi connectivity index (χ0v) is 23.3. The number of hydrogen-bond donors (Lipinski definition) is 2. The van der Waals surface area contributed by atoms with Crippen LogP contribution in [0.2, 0.25) is 0 Å². The van der Waals surface area contributed by atoms with Gasteiger partial charge in [-0.2, -0.15) is 0 Å². The Balaban J connectivity index is 1.34. The molecule has 40 heavy (non-hydrogen) atoms. The van der Waals surface area contributed by atoms with E-state index in [0.29, 0.717) is 0 Å². The molecule has 0 saturated carbocycles. The van der Waals surface area contributed by atoms with Gasteiger partial charge in [-0.1, -0.05) is 30.3 Å². The van der Waals surface area contributed by atoms with Crippen LogP contribution in [0.1, 0.15) is 5.56 Å². The Bertz CT molecular complexity index is 2320. The molecule has 0 fully saturated rings. The van der Waals surface area contributed by atoms with Crippen molar-refractivity contribution in [3.8, 4) is 11.1 Å². The molecule has 0 aliphatic carbocycles. The van der Waals surface area contributed by atoms with Crippen LogP contribution in [-0.4, -0.2) is 14.5 Å². The SMILES string of the molecule is c1ccc2c(c1)[I-]c1ccc(C3=c4nccnc4=C(n4c5ccccc5c5cc6ccccc6cc54)NN3)cc1-2. The van der Waals surface area contributed by atoms with E-state index in [-0.39, 0.29) is 21.2 Å². The Morgan fingerprint density at radius 2 is 1.32 bits per heavy atom. The predicted octanol–water partition coefficient (Wildman–Crippen LogP) is 1.72. The fourth-order valence-electron chi connectivity index (χ4n) is 6.04. The van der Waals surface area contributed by atoms with Crippen molar-refractivity contribution < 1.29 is 21.2 Å². The van der Waals surface area contributed by atoms with Gasteiger partial charge in [0.2, 0.25) is 0 Å². The number of hydrazine groups is 1. The summed E-state index contributed by atoms with van der Waals surface area (Å²) in [6, 6.07) is 37.3. The summed E-state index contributed by atoms with van der Waals surface area (Å²) >= 11 is -0.143. The van der Waals surface area contributed by atoms with E-state index in [1.54, 1.807) is 12.4 Å². The summed E-state index contributed by atoms with van der Waals surface area (Å²) in [5, 5.41) is 6.51. The number of para-hydroxylation sites is 1. The van der Waals surface area contributed by atoms with Crippen LogP contribution >= 0.6 is 0 Å². The first kappa shape index (κ1) is 22.2. The summed E-state index contributed by atoms with van der Waals surface area (Å²) in [5.74, 6) is 0.866. The van der Waals surface area contributed by atoms with E-state index in [0.717, 1.165) is 38.8 Å². The molecule has 0 amide bonds. The maximum absolute atomic E-state index is 4.88. The van der Waals surface area contributed by atoms with Gasteiger partial charge in [0.1, 0.15) is 0 Å². The molecular weight excluding hydrogens is 605 g/mol. The van der Waals surface area contributed by atoms with E-state index in [4.69, 9.17) is 9.97 Å². The van der Waals surface area contributed by atoms with Crippen LogP contribution in [-0.2, 0) is 0 Å². The molecule has 5 nitrogen and oxygen atoms in total. The number of halogens is 1. The first-order valence-electron chi connectivity index (χ1n) is 13.2. The average Bonchev–Trinajstić information content (AvgIpc) is 3.54. The van der Waals surface area contributed by atoms with Gasteiger partial charge in [0.15, 0.2) is 0 Å². The van der Waals surface area contributed by atoms with E-state index >= 15 is 0 Å². The number of benzene rings is 5. The first-order valence-corrected chi connectivity index (χ1v) is 15.4. The summed E-state index contributed by atoms with van der Waals surface area (Å²) < 4.78 is 5.23. The zero-order chi connectivity index (χ0) is 26.2. The van der Waals surface area contributed by atoms with Crippen molar-refractivity contribution in [2.75, 3.05) is 0 Å². The monoisotopic (exact) mass is 626 g/mol. The van der Waals surface area contributed by atoms with Crippen molar-refractivity contribution >= 4 is 44.1 Å². The van der Waals surface area contributed by atoms with Crippen molar-refractivity contribution in [1.29, 1.82) is 0 Å². The number of hydrogen-bond acceptors (Lipinski definition) is 4. The molecule has 5 aromatic carbocycles. The molecule has 7 aromatic rings. The molecule has 2 aliphatic rings. The molecule has 190 valence electrons. The van der Waals surface area contributed by atoms with Gasteiger partial charge < -0.3 is 0 Å². The van der Waals surface area contributed by atoms with Crippen LogP contribution in [0.3, 0.4) is 0 Å². The third kappa shape index (κ3) is 3.14. The predicted molar refractivity (Wildman–Crippen MR) is 155 cm³/mol. The molecule has 9 rings (SSSR count). The minimum atomic E-state index is -0.143. The number of nitrogens with zero attached hydrogens (tertiary/aromatic N) is 3. The third-order valence-corrected chi connectivity index (χ3v) is 10.9. The molecule has 2 aromatic heterocycles. The summed E-state index contributed by atoms with van der Waals surface area (Å²) in [7, 11) is 0. The molecule has 0 spiro atoms. The van der Waals surface area contributed by atoms with Gasteiger partial charge in [0, 0.05) is 0 Å². The van der Waals surface area contributed by atoms with E-state index in [2.05, 4.69) is 119 Å². The van der Waals surface area contributed by atoms with Crippen LogP contribution in [0, 0.1) is 7.14 Å². The molecular formula is C34H21IN5-. The molecule has 0 atom stereocenters. The minimum absolute atomic E-state index is 0.143. The second-order valence-corrected chi connectivity index (χ2v) is 12.9. The molecule has 6 heteroatoms. The standard InChI is InChI=1S/C34H21IN5/c1-2-8-21-19-30-26(17-20(21)7-1)24-10-4-6-12-29(24)40(30)34-33-32(36-15-16-37-33)31(38-39-34)22-13-14-28-25(18-22)23-9-3-5-11-27(23)35-28/h1-19,38-39H/q-1. The summed E-state index contributed by atoms with van der Waals surface area (Å²) in [5.41, 5.74) is 14.0. The van der Waals surface area contributed by atoms with Gasteiger partial charge in [-0.15, -0.1) is 0 Å². The van der Waals surface area contributed by atoms with Crippen molar-refractivity contribution in [2.24, 2.45) is 0 Å². The fourth-order valence-corrected chi connectivity index (χ4v) is 8.91. The normalized spacial score (nSPS) is 13.9. The quantitative estimate of drug-likeness (QED) is 0.288. The second kappa shape index (κ2) is 8.40. The number of rotatable bonds is 2. The third-order valence-electron chi connectivity index (χ3n) is 7.85. The number of nitrogens with one attached hydrogen (secondary N) is 2. The van der Waals surface area contributed by atoms with Crippen LogP contribution in [0.15, 0.2) is 116 Å². The Morgan fingerprint density at radius 1 is 0.575 bits per heavy atom. The molecule has 0 unspecified atom stereocenters. The summed E-state index contributed by atoms with van der Waals surface area (Å²) in [6.07, 6.45) is 3.55. The molecule has 0 radical (unpaired) electrons. The summed E-state index contributed by atoms with van der Waals surface area (Å²) in [6.45, 7) is 0. The first-order chi connectivity index (χ1) is 19.8. The Kier molecular flexibility index (Phi) is 4.65. The summed E-state index contributed by atoms with van der Waals surface area (Å²) in [4.78, 5) is 9.73. The topological polar surface area (TPSA) is 54.8 Å². The van der Waals surface area contributed by atoms with Crippen molar-refractivity contribution in [1.82, 2.24) is 25.4 Å². The molecule has 2 aliphatic heterocycles. The molecule has 2 N–H and O–H groups in total. The van der Waals surface area contributed by atoms with Crippen LogP contribution in [0.25, 0.3) is 55.2 Å². The Labute approximate surface area is 239 Å².